The summed E-state index contributed by atoms with van der Waals surface area (Å²) >= 11 is 0. The highest BCUT2D eigenvalue weighted by Crippen LogP contribution is 2.41. The molecule has 1 unspecified atom stereocenters. The third-order valence-electron chi connectivity index (χ3n) is 4.28. The number of esters is 1. The lowest BCUT2D eigenvalue weighted by Crippen LogP contribution is -2.46. The van der Waals surface area contributed by atoms with Gasteiger partial charge < -0.3 is 14.8 Å². The molecule has 5 heteroatoms. The zero-order chi connectivity index (χ0) is 14.7. The molecule has 2 atom stereocenters. The van der Waals surface area contributed by atoms with Crippen LogP contribution in [0.5, 0.6) is 0 Å². The van der Waals surface area contributed by atoms with Crippen LogP contribution in [0.4, 0.5) is 4.79 Å². The highest BCUT2D eigenvalue weighted by molar-refractivity contribution is 5.74. The van der Waals surface area contributed by atoms with Crippen molar-refractivity contribution in [3.8, 4) is 0 Å². The molecule has 0 aromatic heterocycles. The van der Waals surface area contributed by atoms with Crippen LogP contribution >= 0.6 is 0 Å². The van der Waals surface area contributed by atoms with Gasteiger partial charge in [0, 0.05) is 19.4 Å². The van der Waals surface area contributed by atoms with Crippen molar-refractivity contribution >= 4 is 12.1 Å². The van der Waals surface area contributed by atoms with Gasteiger partial charge in [0.1, 0.15) is 12.2 Å². The van der Waals surface area contributed by atoms with E-state index < -0.39 is 5.60 Å². The maximum atomic E-state index is 12.1. The predicted molar refractivity (Wildman–Crippen MR) is 75.4 cm³/mol. The summed E-state index contributed by atoms with van der Waals surface area (Å²) in [6.45, 7) is 0.912. The summed E-state index contributed by atoms with van der Waals surface area (Å²) < 4.78 is 10.8. The number of alkyl carbamates (subject to hydrolysis) is 1. The predicted octanol–water partition coefficient (Wildman–Crippen LogP) is 2.40. The second-order valence-corrected chi connectivity index (χ2v) is 5.78. The molecular weight excluding hydrogens is 270 g/mol. The van der Waals surface area contributed by atoms with E-state index in [2.05, 4.69) is 5.32 Å². The fourth-order valence-electron chi connectivity index (χ4n) is 3.13. The van der Waals surface area contributed by atoms with Crippen LogP contribution in [0.25, 0.3) is 0 Å². The summed E-state index contributed by atoms with van der Waals surface area (Å²) in [6.07, 6.45) is 2.43. The number of rotatable bonds is 3. The maximum Gasteiger partial charge on any atom is 0.407 e. The zero-order valence-corrected chi connectivity index (χ0v) is 11.8. The number of hydrogen-bond acceptors (Lipinski definition) is 4. The number of nitrogens with one attached hydrogen (secondary N) is 1. The SMILES string of the molecule is O=C1NCCC2(CC[C@@H](C(=O)OCc3ccccc3)C2)O1. The van der Waals surface area contributed by atoms with Gasteiger partial charge in [-0.15, -0.1) is 0 Å². The van der Waals surface area contributed by atoms with E-state index >= 15 is 0 Å². The van der Waals surface area contributed by atoms with Gasteiger partial charge >= 0.3 is 12.1 Å². The lowest BCUT2D eigenvalue weighted by molar-refractivity contribution is -0.150. The average Bonchev–Trinajstić information content (AvgIpc) is 2.89. The molecule has 2 aliphatic rings. The van der Waals surface area contributed by atoms with Crippen molar-refractivity contribution in [1.29, 1.82) is 0 Å². The molecule has 1 aromatic rings. The zero-order valence-electron chi connectivity index (χ0n) is 11.8. The minimum atomic E-state index is -0.460. The van der Waals surface area contributed by atoms with E-state index in [0.29, 0.717) is 19.6 Å². The van der Waals surface area contributed by atoms with E-state index in [1.807, 2.05) is 30.3 Å². The molecule has 1 aliphatic carbocycles. The molecule has 1 saturated carbocycles. The van der Waals surface area contributed by atoms with Crippen molar-refractivity contribution in [1.82, 2.24) is 5.32 Å². The van der Waals surface area contributed by atoms with Crippen molar-refractivity contribution < 1.29 is 19.1 Å². The Morgan fingerprint density at radius 1 is 1.33 bits per heavy atom. The molecule has 1 spiro atoms. The van der Waals surface area contributed by atoms with Gasteiger partial charge in [-0.05, 0) is 18.4 Å². The highest BCUT2D eigenvalue weighted by atomic mass is 16.6. The molecule has 1 amide bonds. The smallest absolute Gasteiger partial charge is 0.407 e. The number of hydrogen-bond donors (Lipinski definition) is 1. The number of ether oxygens (including phenoxy) is 2. The van der Waals surface area contributed by atoms with E-state index in [0.717, 1.165) is 24.8 Å². The van der Waals surface area contributed by atoms with E-state index in [9.17, 15) is 9.59 Å². The van der Waals surface area contributed by atoms with Crippen molar-refractivity contribution in [2.24, 2.45) is 5.92 Å². The van der Waals surface area contributed by atoms with Gasteiger partial charge in [0.2, 0.25) is 0 Å². The first kappa shape index (κ1) is 13.9. The Balaban J connectivity index is 1.53. The largest absolute Gasteiger partial charge is 0.461 e. The molecule has 1 aliphatic heterocycles. The quantitative estimate of drug-likeness (QED) is 0.868. The Morgan fingerprint density at radius 2 is 2.14 bits per heavy atom. The molecule has 5 nitrogen and oxygen atoms in total. The van der Waals surface area contributed by atoms with E-state index in [4.69, 9.17) is 9.47 Å². The first-order valence-electron chi connectivity index (χ1n) is 7.34. The summed E-state index contributed by atoms with van der Waals surface area (Å²) in [7, 11) is 0. The summed E-state index contributed by atoms with van der Waals surface area (Å²) in [5, 5.41) is 2.65. The van der Waals surface area contributed by atoms with Crippen LogP contribution in [0.15, 0.2) is 30.3 Å². The molecule has 1 aromatic carbocycles. The molecular formula is C16H19NO4. The van der Waals surface area contributed by atoms with Gasteiger partial charge in [-0.2, -0.15) is 0 Å². The monoisotopic (exact) mass is 289 g/mol. The summed E-state index contributed by atoms with van der Waals surface area (Å²) in [6, 6.07) is 9.62. The molecule has 21 heavy (non-hydrogen) atoms. The Morgan fingerprint density at radius 3 is 2.90 bits per heavy atom. The molecule has 1 heterocycles. The summed E-state index contributed by atoms with van der Waals surface area (Å²) in [4.78, 5) is 23.5. The molecule has 2 fully saturated rings. The lowest BCUT2D eigenvalue weighted by Gasteiger charge is -2.33. The number of amides is 1. The Labute approximate surface area is 123 Å². The Kier molecular flexibility index (Phi) is 3.82. The molecule has 112 valence electrons. The van der Waals surface area contributed by atoms with Gasteiger partial charge in [-0.25, -0.2) is 4.79 Å². The van der Waals surface area contributed by atoms with Crippen molar-refractivity contribution in [2.45, 2.75) is 37.9 Å². The van der Waals surface area contributed by atoms with Crippen molar-refractivity contribution in [3.63, 3.8) is 0 Å². The fraction of sp³-hybridized carbons (Fsp3) is 0.500. The average molecular weight is 289 g/mol. The fourth-order valence-corrected chi connectivity index (χ4v) is 3.13. The van der Waals surface area contributed by atoms with Gasteiger partial charge in [-0.1, -0.05) is 30.3 Å². The van der Waals surface area contributed by atoms with E-state index in [1.54, 1.807) is 0 Å². The molecule has 0 radical (unpaired) electrons. The van der Waals surface area contributed by atoms with Crippen LogP contribution in [-0.4, -0.2) is 24.2 Å². The Hall–Kier alpha value is -2.04. The van der Waals surface area contributed by atoms with Crippen LogP contribution < -0.4 is 5.32 Å². The first-order valence-corrected chi connectivity index (χ1v) is 7.34. The van der Waals surface area contributed by atoms with Crippen LogP contribution in [0.2, 0.25) is 0 Å². The third-order valence-corrected chi connectivity index (χ3v) is 4.28. The number of benzene rings is 1. The minimum Gasteiger partial charge on any atom is -0.461 e. The third kappa shape index (κ3) is 3.17. The summed E-state index contributed by atoms with van der Waals surface area (Å²) in [5.74, 6) is -0.357. The van der Waals surface area contributed by atoms with Crippen molar-refractivity contribution in [2.75, 3.05) is 6.54 Å². The van der Waals surface area contributed by atoms with Gasteiger partial charge in [0.15, 0.2) is 0 Å². The van der Waals surface area contributed by atoms with Gasteiger partial charge in [0.05, 0.1) is 5.92 Å². The number of carbonyl (C=O) groups is 2. The topological polar surface area (TPSA) is 64.6 Å². The van der Waals surface area contributed by atoms with E-state index in [1.165, 1.54) is 0 Å². The van der Waals surface area contributed by atoms with Crippen LogP contribution in [-0.2, 0) is 20.9 Å². The highest BCUT2D eigenvalue weighted by Gasteiger charge is 2.46. The molecule has 1 N–H and O–H groups in total. The normalized spacial score (nSPS) is 28.0. The summed E-state index contributed by atoms with van der Waals surface area (Å²) in [5.41, 5.74) is 0.519. The van der Waals surface area contributed by atoms with Crippen molar-refractivity contribution in [3.05, 3.63) is 35.9 Å². The molecule has 3 rings (SSSR count). The second-order valence-electron chi connectivity index (χ2n) is 5.78. The molecule has 1 saturated heterocycles. The Bertz CT molecular complexity index is 530. The maximum absolute atomic E-state index is 12.1. The van der Waals surface area contributed by atoms with Crippen LogP contribution in [0.3, 0.4) is 0 Å². The molecule has 0 bridgehead atoms. The van der Waals surface area contributed by atoms with Gasteiger partial charge in [-0.3, -0.25) is 4.79 Å². The minimum absolute atomic E-state index is 0.167. The van der Waals surface area contributed by atoms with E-state index in [-0.39, 0.29) is 18.0 Å². The van der Waals surface area contributed by atoms with Crippen LogP contribution in [0.1, 0.15) is 31.2 Å². The van der Waals surface area contributed by atoms with Crippen LogP contribution in [0, 0.1) is 5.92 Å². The van der Waals surface area contributed by atoms with Gasteiger partial charge in [0.25, 0.3) is 0 Å². The number of carbonyl (C=O) groups excluding carboxylic acids is 2. The first-order chi connectivity index (χ1) is 10.2. The second kappa shape index (κ2) is 5.76. The lowest BCUT2D eigenvalue weighted by atomic mass is 9.95. The standard InChI is InChI=1S/C16H19NO4/c18-14(20-11-12-4-2-1-3-5-12)13-6-7-16(10-13)8-9-17-15(19)21-16/h1-5,13H,6-11H2,(H,17,19)/t13-,16?/m1/s1.